The number of nitro groups is 1. The standard InChI is InChI=1S/C21H20F2N6O2/c22-16-6-7-17(23)18(12-16)26-20-19(29(30)31)21(25-14-24-20)28-10-8-27(9-11-28)13-15-4-2-1-3-5-15/h1-7,12,14H,8-11,13H2,(H,24,25,26). The fourth-order valence-corrected chi connectivity index (χ4v) is 3.54. The summed E-state index contributed by atoms with van der Waals surface area (Å²) in [4.78, 5) is 23.3. The summed E-state index contributed by atoms with van der Waals surface area (Å²) in [7, 11) is 0. The molecule has 160 valence electrons. The van der Waals surface area contributed by atoms with Crippen molar-refractivity contribution in [2.75, 3.05) is 36.4 Å². The fraction of sp³-hybridized carbons (Fsp3) is 0.238. The minimum atomic E-state index is -0.745. The summed E-state index contributed by atoms with van der Waals surface area (Å²) >= 11 is 0. The quantitative estimate of drug-likeness (QED) is 0.475. The molecule has 2 heterocycles. The predicted molar refractivity (Wildman–Crippen MR) is 112 cm³/mol. The zero-order chi connectivity index (χ0) is 21.8. The molecule has 1 aliphatic rings. The van der Waals surface area contributed by atoms with Crippen LogP contribution in [0.5, 0.6) is 0 Å². The number of anilines is 3. The molecule has 0 saturated carbocycles. The molecule has 1 fully saturated rings. The summed E-state index contributed by atoms with van der Waals surface area (Å²) < 4.78 is 27.5. The molecule has 0 amide bonds. The van der Waals surface area contributed by atoms with Crippen molar-refractivity contribution >= 4 is 23.0 Å². The van der Waals surface area contributed by atoms with Gasteiger partial charge in [-0.25, -0.2) is 18.7 Å². The third kappa shape index (κ3) is 4.75. The predicted octanol–water partition coefficient (Wildman–Crippen LogP) is 3.73. The number of rotatable bonds is 6. The topological polar surface area (TPSA) is 87.4 Å². The van der Waals surface area contributed by atoms with Gasteiger partial charge in [0.15, 0.2) is 0 Å². The molecule has 31 heavy (non-hydrogen) atoms. The van der Waals surface area contributed by atoms with Crippen molar-refractivity contribution in [2.45, 2.75) is 6.54 Å². The molecule has 4 rings (SSSR count). The minimum absolute atomic E-state index is 0.152. The SMILES string of the molecule is O=[N+]([O-])c1c(Nc2cc(F)ccc2F)ncnc1N1CCN(Cc2ccccc2)CC1. The second-order valence-corrected chi connectivity index (χ2v) is 7.15. The van der Waals surface area contributed by atoms with E-state index in [-0.39, 0.29) is 23.0 Å². The highest BCUT2D eigenvalue weighted by molar-refractivity contribution is 5.74. The first-order valence-corrected chi connectivity index (χ1v) is 9.74. The number of hydrogen-bond acceptors (Lipinski definition) is 7. The number of benzene rings is 2. The van der Waals surface area contributed by atoms with Crippen LogP contribution in [0.25, 0.3) is 0 Å². The van der Waals surface area contributed by atoms with Gasteiger partial charge in [0.2, 0.25) is 11.6 Å². The van der Waals surface area contributed by atoms with Crippen molar-refractivity contribution in [3.05, 3.63) is 82.2 Å². The number of piperazine rings is 1. The summed E-state index contributed by atoms with van der Waals surface area (Å²) in [5, 5.41) is 14.4. The maximum Gasteiger partial charge on any atom is 0.353 e. The smallest absolute Gasteiger partial charge is 0.348 e. The van der Waals surface area contributed by atoms with Crippen molar-refractivity contribution < 1.29 is 13.7 Å². The van der Waals surface area contributed by atoms with E-state index in [1.54, 1.807) is 0 Å². The van der Waals surface area contributed by atoms with Gasteiger partial charge in [-0.15, -0.1) is 0 Å². The van der Waals surface area contributed by atoms with Gasteiger partial charge < -0.3 is 10.2 Å². The first-order valence-electron chi connectivity index (χ1n) is 9.74. The Morgan fingerprint density at radius 2 is 1.77 bits per heavy atom. The second-order valence-electron chi connectivity index (χ2n) is 7.15. The van der Waals surface area contributed by atoms with Crippen LogP contribution in [0, 0.1) is 21.7 Å². The molecule has 3 aromatic rings. The molecular formula is C21H20F2N6O2. The lowest BCUT2D eigenvalue weighted by Crippen LogP contribution is -2.46. The van der Waals surface area contributed by atoms with Crippen LogP contribution in [0.4, 0.5) is 31.8 Å². The van der Waals surface area contributed by atoms with Crippen LogP contribution in [0.3, 0.4) is 0 Å². The van der Waals surface area contributed by atoms with Gasteiger partial charge in [-0.1, -0.05) is 30.3 Å². The number of halogens is 2. The van der Waals surface area contributed by atoms with Crippen molar-refractivity contribution in [3.63, 3.8) is 0 Å². The monoisotopic (exact) mass is 426 g/mol. The zero-order valence-electron chi connectivity index (χ0n) is 16.5. The average Bonchev–Trinajstić information content (AvgIpc) is 2.77. The van der Waals surface area contributed by atoms with Gasteiger partial charge in [0.05, 0.1) is 10.6 Å². The van der Waals surface area contributed by atoms with E-state index in [9.17, 15) is 18.9 Å². The van der Waals surface area contributed by atoms with Gasteiger partial charge in [0, 0.05) is 38.8 Å². The van der Waals surface area contributed by atoms with E-state index in [4.69, 9.17) is 0 Å². The lowest BCUT2D eigenvalue weighted by atomic mass is 10.2. The molecule has 1 N–H and O–H groups in total. The molecule has 0 atom stereocenters. The molecule has 0 unspecified atom stereocenters. The Kier molecular flexibility index (Phi) is 5.99. The van der Waals surface area contributed by atoms with Gasteiger partial charge in [-0.3, -0.25) is 15.0 Å². The Labute approximate surface area is 177 Å². The van der Waals surface area contributed by atoms with E-state index in [0.29, 0.717) is 26.2 Å². The highest BCUT2D eigenvalue weighted by Crippen LogP contribution is 2.34. The maximum atomic E-state index is 14.0. The van der Waals surface area contributed by atoms with Crippen LogP contribution < -0.4 is 10.2 Å². The van der Waals surface area contributed by atoms with Gasteiger partial charge in [-0.05, 0) is 17.7 Å². The van der Waals surface area contributed by atoms with Crippen LogP contribution in [-0.2, 0) is 6.54 Å². The Balaban J connectivity index is 1.53. The van der Waals surface area contributed by atoms with E-state index in [1.165, 1.54) is 11.9 Å². The van der Waals surface area contributed by atoms with E-state index < -0.39 is 16.6 Å². The average molecular weight is 426 g/mol. The highest BCUT2D eigenvalue weighted by Gasteiger charge is 2.29. The Hall–Kier alpha value is -3.66. The van der Waals surface area contributed by atoms with Crippen LogP contribution in [0.2, 0.25) is 0 Å². The molecule has 1 aromatic heterocycles. The fourth-order valence-electron chi connectivity index (χ4n) is 3.54. The largest absolute Gasteiger partial charge is 0.353 e. The zero-order valence-corrected chi connectivity index (χ0v) is 16.5. The number of hydrogen-bond donors (Lipinski definition) is 1. The Morgan fingerprint density at radius 3 is 2.48 bits per heavy atom. The highest BCUT2D eigenvalue weighted by atomic mass is 19.1. The summed E-state index contributed by atoms with van der Waals surface area (Å²) in [6.45, 7) is 3.29. The van der Waals surface area contributed by atoms with Gasteiger partial charge in [0.25, 0.3) is 0 Å². The summed E-state index contributed by atoms with van der Waals surface area (Å²) in [5.41, 5.74) is 0.593. The van der Waals surface area contributed by atoms with Crippen LogP contribution in [0.15, 0.2) is 54.9 Å². The van der Waals surface area contributed by atoms with Gasteiger partial charge in [0.1, 0.15) is 18.0 Å². The van der Waals surface area contributed by atoms with Gasteiger partial charge in [-0.2, -0.15) is 0 Å². The number of nitrogens with zero attached hydrogens (tertiary/aromatic N) is 5. The molecule has 1 saturated heterocycles. The van der Waals surface area contributed by atoms with Crippen LogP contribution in [0.1, 0.15) is 5.56 Å². The van der Waals surface area contributed by atoms with Gasteiger partial charge >= 0.3 is 5.69 Å². The van der Waals surface area contributed by atoms with Crippen LogP contribution in [-0.4, -0.2) is 46.0 Å². The molecule has 0 radical (unpaired) electrons. The maximum absolute atomic E-state index is 14.0. The lowest BCUT2D eigenvalue weighted by Gasteiger charge is -2.35. The van der Waals surface area contributed by atoms with E-state index >= 15 is 0 Å². The van der Waals surface area contributed by atoms with E-state index in [2.05, 4.69) is 32.3 Å². The summed E-state index contributed by atoms with van der Waals surface area (Å²) in [6.07, 6.45) is 1.18. The van der Waals surface area contributed by atoms with Crippen molar-refractivity contribution in [2.24, 2.45) is 0 Å². The molecule has 1 aliphatic heterocycles. The summed E-state index contributed by atoms with van der Waals surface area (Å²) in [6, 6.07) is 12.9. The summed E-state index contributed by atoms with van der Waals surface area (Å²) in [5.74, 6) is -1.45. The Morgan fingerprint density at radius 1 is 1.03 bits per heavy atom. The molecular weight excluding hydrogens is 406 g/mol. The molecule has 0 bridgehead atoms. The molecule has 0 spiro atoms. The first kappa shape index (κ1) is 20.6. The third-order valence-corrected chi connectivity index (χ3v) is 5.09. The van der Waals surface area contributed by atoms with E-state index in [1.807, 2.05) is 23.1 Å². The molecule has 10 heteroatoms. The number of nitrogens with one attached hydrogen (secondary N) is 1. The minimum Gasteiger partial charge on any atom is -0.348 e. The third-order valence-electron chi connectivity index (χ3n) is 5.09. The van der Waals surface area contributed by atoms with Crippen molar-refractivity contribution in [1.29, 1.82) is 0 Å². The second kappa shape index (κ2) is 9.00. The molecule has 8 nitrogen and oxygen atoms in total. The van der Waals surface area contributed by atoms with Crippen LogP contribution >= 0.6 is 0 Å². The van der Waals surface area contributed by atoms with Crippen molar-refractivity contribution in [3.8, 4) is 0 Å². The molecule has 0 aliphatic carbocycles. The molecule has 2 aromatic carbocycles. The Bertz CT molecular complexity index is 1070. The van der Waals surface area contributed by atoms with E-state index in [0.717, 1.165) is 24.7 Å². The number of aromatic nitrogens is 2. The lowest BCUT2D eigenvalue weighted by molar-refractivity contribution is -0.383. The van der Waals surface area contributed by atoms with Crippen molar-refractivity contribution in [1.82, 2.24) is 14.9 Å². The first-order chi connectivity index (χ1) is 15.0. The normalized spacial score (nSPS) is 14.5.